The van der Waals surface area contributed by atoms with E-state index >= 15 is 0 Å². The molecule has 1 aliphatic carbocycles. The Morgan fingerprint density at radius 3 is 3.22 bits per heavy atom. The summed E-state index contributed by atoms with van der Waals surface area (Å²) < 4.78 is 5.53. The highest BCUT2D eigenvalue weighted by atomic mass is 16.3. The van der Waals surface area contributed by atoms with Crippen molar-refractivity contribution in [2.24, 2.45) is 4.99 Å². The van der Waals surface area contributed by atoms with Crippen molar-refractivity contribution in [2.45, 2.75) is 6.42 Å². The molecule has 18 heavy (non-hydrogen) atoms. The second-order valence-electron chi connectivity index (χ2n) is 4.13. The van der Waals surface area contributed by atoms with Crippen LogP contribution in [-0.2, 0) is 4.79 Å². The van der Waals surface area contributed by atoms with Crippen molar-refractivity contribution in [3.63, 3.8) is 0 Å². The van der Waals surface area contributed by atoms with Gasteiger partial charge in [0.2, 0.25) is 5.55 Å². The van der Waals surface area contributed by atoms with Crippen LogP contribution in [0.2, 0.25) is 0 Å². The Labute approximate surface area is 101 Å². The molecule has 0 radical (unpaired) electrons. The first-order chi connectivity index (χ1) is 8.84. The molecule has 2 aromatic rings. The van der Waals surface area contributed by atoms with Gasteiger partial charge in [0.1, 0.15) is 11.8 Å². The van der Waals surface area contributed by atoms with Gasteiger partial charge in [-0.15, -0.1) is 0 Å². The highest BCUT2D eigenvalue weighted by Crippen LogP contribution is 2.23. The molecule has 3 heterocycles. The monoisotopic (exact) mass is 237 g/mol. The summed E-state index contributed by atoms with van der Waals surface area (Å²) in [5, 5.41) is 0.822. The number of amides is 1. The number of nitrogens with zero attached hydrogens (tertiary/aromatic N) is 3. The first kappa shape index (κ1) is 9.47. The number of allylic oxidation sites excluding steroid dienone is 3. The van der Waals surface area contributed by atoms with E-state index in [4.69, 9.17) is 4.42 Å². The van der Waals surface area contributed by atoms with Gasteiger partial charge in [0.25, 0.3) is 5.91 Å². The Morgan fingerprint density at radius 2 is 2.28 bits per heavy atom. The Balaban J connectivity index is 2.29. The quantitative estimate of drug-likeness (QED) is 0.666. The van der Waals surface area contributed by atoms with Crippen molar-refractivity contribution in [1.29, 1.82) is 0 Å². The lowest BCUT2D eigenvalue weighted by Crippen LogP contribution is -2.32. The second-order valence-corrected chi connectivity index (χ2v) is 4.13. The third kappa shape index (κ3) is 1.10. The fourth-order valence-electron chi connectivity index (χ4n) is 2.34. The normalized spacial score (nSPS) is 17.2. The number of furan rings is 1. The number of fused-ring (bicyclic) bond motifs is 4. The molecule has 2 aliphatic rings. The first-order valence-corrected chi connectivity index (χ1v) is 5.56. The van der Waals surface area contributed by atoms with Crippen molar-refractivity contribution < 1.29 is 9.21 Å². The van der Waals surface area contributed by atoms with E-state index in [0.29, 0.717) is 28.6 Å². The molecule has 0 atom stereocenters. The lowest BCUT2D eigenvalue weighted by atomic mass is 9.94. The number of hydrogen-bond acceptors (Lipinski definition) is 4. The highest BCUT2D eigenvalue weighted by molar-refractivity contribution is 6.08. The van der Waals surface area contributed by atoms with Gasteiger partial charge in [-0.25, -0.2) is 9.97 Å². The van der Waals surface area contributed by atoms with Crippen LogP contribution in [0.4, 0.5) is 0 Å². The molecule has 0 fully saturated rings. The van der Waals surface area contributed by atoms with Crippen molar-refractivity contribution in [2.75, 3.05) is 0 Å². The third-order valence-corrected chi connectivity index (χ3v) is 3.12. The van der Waals surface area contributed by atoms with Crippen LogP contribution in [0, 0.1) is 0 Å². The van der Waals surface area contributed by atoms with Gasteiger partial charge in [0.15, 0.2) is 5.58 Å². The molecular formula is C13H7N3O2. The summed E-state index contributed by atoms with van der Waals surface area (Å²) >= 11 is 0. The summed E-state index contributed by atoms with van der Waals surface area (Å²) in [7, 11) is 0. The summed E-state index contributed by atoms with van der Waals surface area (Å²) in [4.78, 5) is 24.0. The van der Waals surface area contributed by atoms with E-state index in [1.807, 2.05) is 12.2 Å². The van der Waals surface area contributed by atoms with Crippen LogP contribution in [0.25, 0.3) is 16.7 Å². The van der Waals surface area contributed by atoms with Crippen molar-refractivity contribution in [3.8, 4) is 0 Å². The summed E-state index contributed by atoms with van der Waals surface area (Å²) in [6.07, 6.45) is 9.41. The smallest absolute Gasteiger partial charge is 0.280 e. The van der Waals surface area contributed by atoms with Crippen molar-refractivity contribution in [1.82, 2.24) is 9.97 Å². The maximum absolute atomic E-state index is 11.9. The van der Waals surface area contributed by atoms with Crippen LogP contribution in [0.1, 0.15) is 6.42 Å². The first-order valence-electron chi connectivity index (χ1n) is 5.56. The van der Waals surface area contributed by atoms with Gasteiger partial charge in [-0.3, -0.25) is 4.79 Å². The minimum absolute atomic E-state index is 0.256. The maximum Gasteiger partial charge on any atom is 0.280 e. The SMILES string of the molecule is O=C1N=c2oc3cncnc3c2=C2CC=CC=C12. The number of carbonyl (C=O) groups excluding carboxylic acids is 1. The van der Waals surface area contributed by atoms with E-state index < -0.39 is 0 Å². The van der Waals surface area contributed by atoms with E-state index in [-0.39, 0.29) is 5.91 Å². The fraction of sp³-hybridized carbons (Fsp3) is 0.0769. The third-order valence-electron chi connectivity index (χ3n) is 3.12. The van der Waals surface area contributed by atoms with E-state index in [1.165, 1.54) is 6.33 Å². The van der Waals surface area contributed by atoms with Gasteiger partial charge in [0, 0.05) is 5.57 Å². The molecular weight excluding hydrogens is 230 g/mol. The van der Waals surface area contributed by atoms with Crippen LogP contribution in [0.3, 0.4) is 0 Å². The Kier molecular flexibility index (Phi) is 1.70. The molecule has 1 amide bonds. The number of carbonyl (C=O) groups is 1. The zero-order valence-corrected chi connectivity index (χ0v) is 9.25. The predicted octanol–water partition coefficient (Wildman–Crippen LogP) is 0.420. The second kappa shape index (κ2) is 3.22. The average molecular weight is 237 g/mol. The molecule has 5 heteroatoms. The van der Waals surface area contributed by atoms with Crippen LogP contribution in [-0.4, -0.2) is 15.9 Å². The molecule has 1 aliphatic heterocycles. The van der Waals surface area contributed by atoms with Crippen LogP contribution < -0.4 is 10.8 Å². The van der Waals surface area contributed by atoms with E-state index in [2.05, 4.69) is 15.0 Å². The standard InChI is InChI=1S/C13H7N3O2/c17-12-8-4-2-1-3-7(8)10-11-9(5-14-6-15-11)18-13(10)16-12/h1-2,4-6H,3H2. The molecule has 0 saturated carbocycles. The molecule has 0 spiro atoms. The van der Waals surface area contributed by atoms with Crippen LogP contribution in [0.5, 0.6) is 0 Å². The summed E-state index contributed by atoms with van der Waals surface area (Å²) in [6, 6.07) is 0. The van der Waals surface area contributed by atoms with Gasteiger partial charge in [0.05, 0.1) is 11.4 Å². The molecule has 2 aromatic heterocycles. The fourth-order valence-corrected chi connectivity index (χ4v) is 2.34. The maximum atomic E-state index is 11.9. The molecule has 0 N–H and O–H groups in total. The largest absolute Gasteiger partial charge is 0.434 e. The molecule has 0 bridgehead atoms. The summed E-state index contributed by atoms with van der Waals surface area (Å²) in [5.41, 5.74) is 3.18. The lowest BCUT2D eigenvalue weighted by molar-refractivity contribution is -0.114. The van der Waals surface area contributed by atoms with E-state index in [0.717, 1.165) is 10.8 Å². The minimum atomic E-state index is -0.256. The number of rotatable bonds is 0. The van der Waals surface area contributed by atoms with E-state index in [9.17, 15) is 4.79 Å². The van der Waals surface area contributed by atoms with Crippen molar-refractivity contribution >= 4 is 22.6 Å². The van der Waals surface area contributed by atoms with E-state index in [1.54, 1.807) is 12.3 Å². The zero-order valence-electron chi connectivity index (χ0n) is 9.25. The highest BCUT2D eigenvalue weighted by Gasteiger charge is 2.23. The van der Waals surface area contributed by atoms with Gasteiger partial charge in [-0.1, -0.05) is 12.2 Å². The van der Waals surface area contributed by atoms with Gasteiger partial charge in [-0.2, -0.15) is 4.99 Å². The molecule has 4 rings (SSSR count). The van der Waals surface area contributed by atoms with Crippen LogP contribution >= 0.6 is 0 Å². The van der Waals surface area contributed by atoms with Gasteiger partial charge in [-0.05, 0) is 18.1 Å². The summed E-state index contributed by atoms with van der Waals surface area (Å²) in [6.45, 7) is 0. The Hall–Kier alpha value is -2.56. The average Bonchev–Trinajstić information content (AvgIpc) is 2.77. The van der Waals surface area contributed by atoms with Crippen molar-refractivity contribution in [3.05, 3.63) is 47.1 Å². The van der Waals surface area contributed by atoms with Crippen LogP contribution in [0.15, 0.2) is 45.7 Å². The Bertz CT molecular complexity index is 871. The topological polar surface area (TPSA) is 68.3 Å². The van der Waals surface area contributed by atoms with Gasteiger partial charge < -0.3 is 4.42 Å². The minimum Gasteiger partial charge on any atom is -0.434 e. The Morgan fingerprint density at radius 1 is 1.33 bits per heavy atom. The lowest BCUT2D eigenvalue weighted by Gasteiger charge is -2.11. The molecule has 0 unspecified atom stereocenters. The number of hydrogen-bond donors (Lipinski definition) is 0. The van der Waals surface area contributed by atoms with Gasteiger partial charge >= 0.3 is 0 Å². The predicted molar refractivity (Wildman–Crippen MR) is 62.8 cm³/mol. The molecule has 5 nitrogen and oxygen atoms in total. The summed E-state index contributed by atoms with van der Waals surface area (Å²) in [5.74, 6) is -0.256. The number of aromatic nitrogens is 2. The molecule has 0 saturated heterocycles. The molecule has 86 valence electrons. The molecule has 0 aromatic carbocycles. The zero-order chi connectivity index (χ0) is 12.1.